The Bertz CT molecular complexity index is 613. The van der Waals surface area contributed by atoms with Crippen LogP contribution in [0.25, 0.3) is 0 Å². The Morgan fingerprint density at radius 2 is 1.52 bits per heavy atom. The van der Waals surface area contributed by atoms with Crippen molar-refractivity contribution in [3.8, 4) is 0 Å². The third kappa shape index (κ3) is 2.38. The largest absolute Gasteiger partial charge is 0.352 e. The van der Waals surface area contributed by atoms with Gasteiger partial charge in [0.25, 0.3) is 0 Å². The number of nitrogens with zero attached hydrogens (tertiary/aromatic N) is 1. The van der Waals surface area contributed by atoms with Crippen LogP contribution in [-0.4, -0.2) is 35.2 Å². The maximum absolute atomic E-state index is 12.9. The molecule has 6 rings (SSSR count). The first-order valence-corrected chi connectivity index (χ1v) is 9.98. The molecule has 5 nitrogen and oxygen atoms in total. The van der Waals surface area contributed by atoms with E-state index in [1.807, 2.05) is 0 Å². The number of carbonyl (C=O) groups is 3. The Kier molecular flexibility index (Phi) is 3.54. The summed E-state index contributed by atoms with van der Waals surface area (Å²) in [6.45, 7) is -0.0874. The minimum atomic E-state index is -0.197. The molecule has 0 unspecified atom stereocenters. The van der Waals surface area contributed by atoms with Crippen LogP contribution in [-0.2, 0) is 14.4 Å². The van der Waals surface area contributed by atoms with Gasteiger partial charge in [0.1, 0.15) is 6.54 Å². The number of likely N-dealkylation sites (tertiary alicyclic amines) is 1. The fourth-order valence-electron chi connectivity index (χ4n) is 6.02. The second-order valence-electron chi connectivity index (χ2n) is 8.67. The van der Waals surface area contributed by atoms with E-state index in [0.29, 0.717) is 11.8 Å². The van der Waals surface area contributed by atoms with Gasteiger partial charge >= 0.3 is 0 Å². The molecule has 6 atom stereocenters. The lowest BCUT2D eigenvalue weighted by Gasteiger charge is -2.37. The van der Waals surface area contributed by atoms with Crippen molar-refractivity contribution in [3.63, 3.8) is 0 Å². The van der Waals surface area contributed by atoms with Crippen molar-refractivity contribution in [1.82, 2.24) is 10.2 Å². The fraction of sp³-hybridized carbons (Fsp3) is 0.750. The first kappa shape index (κ1) is 15.6. The summed E-state index contributed by atoms with van der Waals surface area (Å²) >= 11 is 0. The molecular weight excluding hydrogens is 316 g/mol. The average Bonchev–Trinajstić information content (AvgIpc) is 3.40. The summed E-state index contributed by atoms with van der Waals surface area (Å²) in [5, 5.41) is 3.06. The highest BCUT2D eigenvalue weighted by Gasteiger charge is 2.67. The lowest BCUT2D eigenvalue weighted by Crippen LogP contribution is -2.44. The van der Waals surface area contributed by atoms with E-state index in [-0.39, 0.29) is 54.0 Å². The van der Waals surface area contributed by atoms with Gasteiger partial charge in [-0.3, -0.25) is 19.3 Å². The van der Waals surface area contributed by atoms with Crippen LogP contribution in [0.3, 0.4) is 0 Å². The third-order valence-corrected chi connectivity index (χ3v) is 7.28. The highest BCUT2D eigenvalue weighted by Crippen LogP contribution is 2.65. The summed E-state index contributed by atoms with van der Waals surface area (Å²) in [5.74, 6) is 0.899. The molecule has 1 saturated heterocycles. The molecule has 134 valence electrons. The van der Waals surface area contributed by atoms with Gasteiger partial charge in [-0.25, -0.2) is 0 Å². The number of imide groups is 1. The molecule has 5 heteroatoms. The molecule has 6 aliphatic rings. The Morgan fingerprint density at radius 1 is 0.960 bits per heavy atom. The minimum Gasteiger partial charge on any atom is -0.352 e. The normalized spacial score (nSPS) is 42.2. The van der Waals surface area contributed by atoms with E-state index in [1.54, 1.807) is 0 Å². The van der Waals surface area contributed by atoms with E-state index < -0.39 is 0 Å². The number of carbonyl (C=O) groups excluding carboxylic acids is 3. The van der Waals surface area contributed by atoms with Crippen molar-refractivity contribution in [2.45, 2.75) is 51.0 Å². The molecule has 1 N–H and O–H groups in total. The molecule has 0 aromatic rings. The highest BCUT2D eigenvalue weighted by atomic mass is 16.2. The molecule has 4 fully saturated rings. The van der Waals surface area contributed by atoms with Gasteiger partial charge in [0.2, 0.25) is 17.7 Å². The van der Waals surface area contributed by atoms with Crippen molar-refractivity contribution in [3.05, 3.63) is 12.2 Å². The van der Waals surface area contributed by atoms with Crippen LogP contribution in [0.4, 0.5) is 0 Å². The maximum atomic E-state index is 12.9. The lowest BCUT2D eigenvalue weighted by atomic mass is 9.63. The van der Waals surface area contributed by atoms with Crippen LogP contribution < -0.4 is 5.32 Å². The highest BCUT2D eigenvalue weighted by molar-refractivity contribution is 6.08. The van der Waals surface area contributed by atoms with E-state index in [4.69, 9.17) is 0 Å². The quantitative estimate of drug-likeness (QED) is 0.484. The number of nitrogens with one attached hydrogen (secondary N) is 1. The van der Waals surface area contributed by atoms with E-state index in [9.17, 15) is 14.4 Å². The number of allylic oxidation sites excluding steroid dienone is 2. The first-order chi connectivity index (χ1) is 12.1. The summed E-state index contributed by atoms with van der Waals surface area (Å²) < 4.78 is 0. The molecule has 0 radical (unpaired) electrons. The summed E-state index contributed by atoms with van der Waals surface area (Å²) in [4.78, 5) is 39.5. The van der Waals surface area contributed by atoms with Crippen LogP contribution in [0, 0.1) is 35.5 Å². The zero-order chi connectivity index (χ0) is 17.1. The first-order valence-electron chi connectivity index (χ1n) is 9.98. The van der Waals surface area contributed by atoms with Gasteiger partial charge in [-0.2, -0.15) is 0 Å². The Hall–Kier alpha value is -1.65. The SMILES string of the molecule is O=C(CN1C(=O)[C@@H]2[C@H]3C=C[C@H]([C@H]4C[C@H]34)[C@@H]2C1=O)NC1CCCCCC1. The van der Waals surface area contributed by atoms with E-state index in [0.717, 1.165) is 32.1 Å². The molecule has 25 heavy (non-hydrogen) atoms. The monoisotopic (exact) mass is 342 g/mol. The summed E-state index contributed by atoms with van der Waals surface area (Å²) in [7, 11) is 0. The number of hydrogen-bond acceptors (Lipinski definition) is 3. The molecule has 3 amide bonds. The molecular formula is C20H26N2O3. The van der Waals surface area contributed by atoms with Crippen LogP contribution in [0.1, 0.15) is 44.9 Å². The molecule has 5 aliphatic carbocycles. The van der Waals surface area contributed by atoms with Crippen LogP contribution >= 0.6 is 0 Å². The molecule has 3 saturated carbocycles. The van der Waals surface area contributed by atoms with Gasteiger partial charge in [0.15, 0.2) is 0 Å². The number of amides is 3. The zero-order valence-corrected chi connectivity index (χ0v) is 14.5. The molecule has 0 aromatic carbocycles. The Balaban J connectivity index is 1.27. The fourth-order valence-corrected chi connectivity index (χ4v) is 6.02. The van der Waals surface area contributed by atoms with Gasteiger partial charge in [0, 0.05) is 6.04 Å². The van der Waals surface area contributed by atoms with Gasteiger partial charge in [-0.1, -0.05) is 37.8 Å². The summed E-state index contributed by atoms with van der Waals surface area (Å²) in [6.07, 6.45) is 12.3. The van der Waals surface area contributed by atoms with Crippen molar-refractivity contribution in [2.75, 3.05) is 6.54 Å². The van der Waals surface area contributed by atoms with Gasteiger partial charge in [-0.05, 0) is 42.9 Å². The number of rotatable bonds is 3. The standard InChI is InChI=1S/C20H26N2O3/c23-16(21-11-5-3-1-2-4-6-11)10-22-19(24)17-12-7-8-13(15-9-14(12)15)18(17)20(22)25/h7-8,11-15,17-18H,1-6,9-10H2,(H,21,23)/t12-,13+,14-,15-,17+,18-/m1/s1. The predicted octanol–water partition coefficient (Wildman–Crippen LogP) is 1.88. The van der Waals surface area contributed by atoms with Crippen LogP contribution in [0.15, 0.2) is 12.2 Å². The Morgan fingerprint density at radius 3 is 2.08 bits per heavy atom. The third-order valence-electron chi connectivity index (χ3n) is 7.28. The smallest absolute Gasteiger partial charge is 0.240 e. The summed E-state index contributed by atoms with van der Waals surface area (Å²) in [5.41, 5.74) is 0. The van der Waals surface area contributed by atoms with E-state index in [2.05, 4.69) is 17.5 Å². The second-order valence-corrected chi connectivity index (χ2v) is 8.67. The van der Waals surface area contributed by atoms with Crippen LogP contribution in [0.5, 0.6) is 0 Å². The van der Waals surface area contributed by atoms with Crippen molar-refractivity contribution in [1.29, 1.82) is 0 Å². The molecule has 2 bridgehead atoms. The molecule has 0 spiro atoms. The summed E-state index contributed by atoms with van der Waals surface area (Å²) in [6, 6.07) is 0.204. The van der Waals surface area contributed by atoms with Gasteiger partial charge < -0.3 is 5.32 Å². The molecule has 1 aliphatic heterocycles. The maximum Gasteiger partial charge on any atom is 0.240 e. The molecule has 1 heterocycles. The van der Waals surface area contributed by atoms with Crippen molar-refractivity contribution >= 4 is 17.7 Å². The van der Waals surface area contributed by atoms with Crippen LogP contribution in [0.2, 0.25) is 0 Å². The second kappa shape index (κ2) is 5.68. The van der Waals surface area contributed by atoms with Gasteiger partial charge in [-0.15, -0.1) is 0 Å². The number of hydrogen-bond donors (Lipinski definition) is 1. The minimum absolute atomic E-state index is 0.0874. The van der Waals surface area contributed by atoms with Crippen molar-refractivity contribution < 1.29 is 14.4 Å². The zero-order valence-electron chi connectivity index (χ0n) is 14.5. The topological polar surface area (TPSA) is 66.5 Å². The Labute approximate surface area is 148 Å². The van der Waals surface area contributed by atoms with E-state index in [1.165, 1.54) is 17.7 Å². The van der Waals surface area contributed by atoms with E-state index >= 15 is 0 Å². The lowest BCUT2D eigenvalue weighted by molar-refractivity contribution is -0.144. The molecule has 0 aromatic heterocycles. The van der Waals surface area contributed by atoms with Gasteiger partial charge in [0.05, 0.1) is 11.8 Å². The average molecular weight is 342 g/mol. The van der Waals surface area contributed by atoms with Crippen molar-refractivity contribution in [2.24, 2.45) is 35.5 Å². The predicted molar refractivity (Wildman–Crippen MR) is 91.0 cm³/mol.